The van der Waals surface area contributed by atoms with Crippen molar-refractivity contribution < 1.29 is 13.5 Å². The summed E-state index contributed by atoms with van der Waals surface area (Å²) in [5.41, 5.74) is 0.0937. The first-order chi connectivity index (χ1) is 6.84. The zero-order valence-corrected chi connectivity index (χ0v) is 9.93. The molecule has 0 aliphatic rings. The molecule has 15 heavy (non-hydrogen) atoms. The van der Waals surface area contributed by atoms with E-state index in [1.165, 1.54) is 12.1 Å². The van der Waals surface area contributed by atoms with E-state index < -0.39 is 15.3 Å². The van der Waals surface area contributed by atoms with Gasteiger partial charge in [0.1, 0.15) is 0 Å². The predicted octanol–water partition coefficient (Wildman–Crippen LogP) is 2.20. The molecular formula is C9H12ClNO3S. The summed E-state index contributed by atoms with van der Waals surface area (Å²) < 4.78 is 25.3. The number of phenols is 1. The number of sulfonamides is 1. The Labute approximate surface area is 93.9 Å². The van der Waals surface area contributed by atoms with Crippen LogP contribution >= 0.6 is 11.6 Å². The SMILES string of the molecule is CC(C)S(=O)(=O)Nc1cccc(Cl)c1O. The summed E-state index contributed by atoms with van der Waals surface area (Å²) in [6.07, 6.45) is 0. The van der Waals surface area contributed by atoms with Gasteiger partial charge in [-0.1, -0.05) is 17.7 Å². The fourth-order valence-corrected chi connectivity index (χ4v) is 1.75. The summed E-state index contributed by atoms with van der Waals surface area (Å²) in [5.74, 6) is -0.261. The standard InChI is InChI=1S/C9H12ClNO3S/c1-6(2)15(13,14)11-8-5-3-4-7(10)9(8)12/h3-6,11-12H,1-2H3. The number of nitrogens with one attached hydrogen (secondary N) is 1. The third-order valence-corrected chi connectivity index (χ3v) is 3.91. The van der Waals surface area contributed by atoms with Gasteiger partial charge in [-0.05, 0) is 26.0 Å². The van der Waals surface area contributed by atoms with Crippen molar-refractivity contribution in [2.45, 2.75) is 19.1 Å². The van der Waals surface area contributed by atoms with Gasteiger partial charge in [0, 0.05) is 0 Å². The summed E-state index contributed by atoms with van der Waals surface area (Å²) in [6, 6.07) is 4.48. The van der Waals surface area contributed by atoms with Crippen LogP contribution in [0.15, 0.2) is 18.2 Å². The van der Waals surface area contributed by atoms with Crippen molar-refractivity contribution in [1.82, 2.24) is 0 Å². The predicted molar refractivity (Wildman–Crippen MR) is 60.8 cm³/mol. The van der Waals surface area contributed by atoms with Crippen molar-refractivity contribution >= 4 is 27.3 Å². The molecule has 1 aromatic rings. The zero-order chi connectivity index (χ0) is 11.6. The van der Waals surface area contributed by atoms with Gasteiger partial charge >= 0.3 is 0 Å². The molecule has 0 saturated carbocycles. The van der Waals surface area contributed by atoms with E-state index in [0.717, 1.165) is 0 Å². The molecule has 0 aliphatic carbocycles. The average molecular weight is 250 g/mol. The Hall–Kier alpha value is -0.940. The molecule has 0 heterocycles. The first-order valence-corrected chi connectivity index (χ1v) is 6.26. The van der Waals surface area contributed by atoms with Gasteiger partial charge < -0.3 is 5.11 Å². The largest absolute Gasteiger partial charge is 0.504 e. The van der Waals surface area contributed by atoms with Crippen molar-refractivity contribution in [3.05, 3.63) is 23.2 Å². The summed E-state index contributed by atoms with van der Waals surface area (Å²) in [4.78, 5) is 0. The summed E-state index contributed by atoms with van der Waals surface area (Å²) in [5, 5.41) is 9.02. The van der Waals surface area contributed by atoms with Crippen LogP contribution in [0.25, 0.3) is 0 Å². The minimum atomic E-state index is -3.46. The maximum Gasteiger partial charge on any atom is 0.235 e. The smallest absolute Gasteiger partial charge is 0.235 e. The van der Waals surface area contributed by atoms with Gasteiger partial charge in [-0.15, -0.1) is 0 Å². The molecule has 1 rings (SSSR count). The van der Waals surface area contributed by atoms with E-state index in [0.29, 0.717) is 0 Å². The topological polar surface area (TPSA) is 66.4 Å². The van der Waals surface area contributed by atoms with Crippen LogP contribution in [0.2, 0.25) is 5.02 Å². The molecule has 0 bridgehead atoms. The quantitative estimate of drug-likeness (QED) is 0.807. The van der Waals surface area contributed by atoms with Crippen LogP contribution in [0.3, 0.4) is 0 Å². The molecule has 84 valence electrons. The summed E-state index contributed by atoms with van der Waals surface area (Å²) >= 11 is 5.64. The number of aromatic hydroxyl groups is 1. The fourth-order valence-electron chi connectivity index (χ4n) is 0.869. The van der Waals surface area contributed by atoms with Gasteiger partial charge in [0.2, 0.25) is 10.0 Å². The van der Waals surface area contributed by atoms with Crippen molar-refractivity contribution in [2.75, 3.05) is 4.72 Å². The fraction of sp³-hybridized carbons (Fsp3) is 0.333. The molecule has 0 unspecified atom stereocenters. The van der Waals surface area contributed by atoms with Gasteiger partial charge in [0.05, 0.1) is 16.0 Å². The van der Waals surface area contributed by atoms with Crippen LogP contribution in [-0.2, 0) is 10.0 Å². The Morgan fingerprint density at radius 2 is 2.00 bits per heavy atom. The number of benzene rings is 1. The molecule has 0 radical (unpaired) electrons. The molecule has 0 saturated heterocycles. The number of rotatable bonds is 3. The second-order valence-corrected chi connectivity index (χ2v) is 5.98. The van der Waals surface area contributed by atoms with Crippen LogP contribution in [0.4, 0.5) is 5.69 Å². The molecule has 0 atom stereocenters. The highest BCUT2D eigenvalue weighted by Gasteiger charge is 2.17. The third-order valence-electron chi connectivity index (χ3n) is 1.86. The molecular weight excluding hydrogens is 238 g/mol. The van der Waals surface area contributed by atoms with E-state index in [9.17, 15) is 13.5 Å². The lowest BCUT2D eigenvalue weighted by molar-refractivity contribution is 0.478. The van der Waals surface area contributed by atoms with Gasteiger partial charge in [-0.2, -0.15) is 0 Å². The molecule has 2 N–H and O–H groups in total. The number of phenolic OH excluding ortho intramolecular Hbond substituents is 1. The highest BCUT2D eigenvalue weighted by molar-refractivity contribution is 7.93. The van der Waals surface area contributed by atoms with Crippen molar-refractivity contribution in [1.29, 1.82) is 0 Å². The van der Waals surface area contributed by atoms with Gasteiger partial charge in [0.15, 0.2) is 5.75 Å². The number of para-hydroxylation sites is 1. The Morgan fingerprint density at radius 3 is 2.53 bits per heavy atom. The van der Waals surface area contributed by atoms with Crippen molar-refractivity contribution in [3.8, 4) is 5.75 Å². The lowest BCUT2D eigenvalue weighted by Crippen LogP contribution is -2.22. The summed E-state index contributed by atoms with van der Waals surface area (Å²) in [7, 11) is -3.46. The number of halogens is 1. The molecule has 0 spiro atoms. The maximum absolute atomic E-state index is 11.5. The number of hydrogen-bond acceptors (Lipinski definition) is 3. The molecule has 1 aromatic carbocycles. The van der Waals surface area contributed by atoms with Gasteiger partial charge in [0.25, 0.3) is 0 Å². The highest BCUT2D eigenvalue weighted by atomic mass is 35.5. The van der Waals surface area contributed by atoms with E-state index >= 15 is 0 Å². The van der Waals surface area contributed by atoms with Crippen molar-refractivity contribution in [3.63, 3.8) is 0 Å². The number of hydrogen-bond donors (Lipinski definition) is 2. The highest BCUT2D eigenvalue weighted by Crippen LogP contribution is 2.32. The van der Waals surface area contributed by atoms with Crippen LogP contribution in [0.5, 0.6) is 5.75 Å². The second-order valence-electron chi connectivity index (χ2n) is 3.33. The Morgan fingerprint density at radius 1 is 1.40 bits per heavy atom. The van der Waals surface area contributed by atoms with E-state index in [4.69, 9.17) is 11.6 Å². The lowest BCUT2D eigenvalue weighted by atomic mass is 10.3. The van der Waals surface area contributed by atoms with Crippen LogP contribution in [-0.4, -0.2) is 18.8 Å². The van der Waals surface area contributed by atoms with Crippen molar-refractivity contribution in [2.24, 2.45) is 0 Å². The van der Waals surface area contributed by atoms with E-state index in [1.54, 1.807) is 19.9 Å². The minimum absolute atomic E-state index is 0.0937. The normalized spacial score (nSPS) is 11.7. The maximum atomic E-state index is 11.5. The molecule has 0 aliphatic heterocycles. The van der Waals surface area contributed by atoms with E-state index in [-0.39, 0.29) is 16.5 Å². The molecule has 4 nitrogen and oxygen atoms in total. The molecule has 0 amide bonds. The first-order valence-electron chi connectivity index (χ1n) is 4.33. The Bertz CT molecular complexity index is 456. The third kappa shape index (κ3) is 2.76. The van der Waals surface area contributed by atoms with Crippen LogP contribution in [0, 0.1) is 0 Å². The van der Waals surface area contributed by atoms with Gasteiger partial charge in [-0.3, -0.25) is 4.72 Å². The zero-order valence-electron chi connectivity index (χ0n) is 8.36. The second kappa shape index (κ2) is 4.28. The number of anilines is 1. The van der Waals surface area contributed by atoms with Crippen LogP contribution in [0.1, 0.15) is 13.8 Å². The monoisotopic (exact) mass is 249 g/mol. The van der Waals surface area contributed by atoms with E-state index in [1.807, 2.05) is 0 Å². The molecule has 0 fully saturated rings. The summed E-state index contributed by atoms with van der Waals surface area (Å²) in [6.45, 7) is 3.09. The minimum Gasteiger partial charge on any atom is -0.504 e. The van der Waals surface area contributed by atoms with E-state index in [2.05, 4.69) is 4.72 Å². The first kappa shape index (κ1) is 12.1. The van der Waals surface area contributed by atoms with Crippen LogP contribution < -0.4 is 4.72 Å². The molecule has 0 aromatic heterocycles. The Kier molecular flexibility index (Phi) is 3.46. The Balaban J connectivity index is 3.06. The lowest BCUT2D eigenvalue weighted by Gasteiger charge is -2.12. The van der Waals surface area contributed by atoms with Gasteiger partial charge in [-0.25, -0.2) is 8.42 Å². The molecule has 6 heteroatoms. The average Bonchev–Trinajstić information content (AvgIpc) is 2.12.